The van der Waals surface area contributed by atoms with Crippen molar-refractivity contribution in [2.75, 3.05) is 26.4 Å². The highest BCUT2D eigenvalue weighted by molar-refractivity contribution is 5.73. The van der Waals surface area contributed by atoms with Crippen molar-refractivity contribution >= 4 is 5.91 Å². The summed E-state index contributed by atoms with van der Waals surface area (Å²) >= 11 is 0. The van der Waals surface area contributed by atoms with Gasteiger partial charge in [-0.15, -0.1) is 0 Å². The van der Waals surface area contributed by atoms with E-state index in [2.05, 4.69) is 15.3 Å². The summed E-state index contributed by atoms with van der Waals surface area (Å²) in [7, 11) is 0. The normalized spacial score (nSPS) is 29.3. The van der Waals surface area contributed by atoms with Crippen molar-refractivity contribution in [3.63, 3.8) is 0 Å². The van der Waals surface area contributed by atoms with Crippen LogP contribution in [-0.4, -0.2) is 140 Å². The van der Waals surface area contributed by atoms with Crippen molar-refractivity contribution in [1.82, 2.24) is 5.32 Å². The number of hydrogen-bond acceptors (Lipinski definition) is 16. The van der Waals surface area contributed by atoms with Gasteiger partial charge in [0.25, 0.3) is 0 Å². The molecule has 4 N–H and O–H groups in total. The topological polar surface area (TPSA) is 240 Å². The van der Waals surface area contributed by atoms with Crippen molar-refractivity contribution < 1.29 is 72.2 Å². The number of nitrogens with zero attached hydrogens (tertiary/aromatic N) is 3. The van der Waals surface area contributed by atoms with Crippen LogP contribution in [0.25, 0.3) is 10.4 Å². The van der Waals surface area contributed by atoms with Crippen LogP contribution in [0, 0.1) is 0 Å². The molecule has 0 radical (unpaired) electrons. The average Bonchev–Trinajstić information content (AvgIpc) is 3.45. The number of carbonyl (C=O) groups is 1. The maximum atomic E-state index is 13.4. The Morgan fingerprint density at radius 3 is 1.49 bits per heavy atom. The molecule has 1 amide bonds. The molecule has 412 valence electrons. The van der Waals surface area contributed by atoms with Gasteiger partial charge in [-0.05, 0) is 46.7 Å². The van der Waals surface area contributed by atoms with Gasteiger partial charge in [0.05, 0.1) is 52.4 Å². The second kappa shape index (κ2) is 29.9. The number of hydrogen-bond donors (Lipinski definition) is 4. The van der Waals surface area contributed by atoms with Gasteiger partial charge in [-0.25, -0.2) is 0 Å². The summed E-state index contributed by atoms with van der Waals surface area (Å²) in [6.45, 7) is 3.84. The molecule has 3 aliphatic heterocycles. The second-order valence-corrected chi connectivity index (χ2v) is 19.2. The molecule has 77 heavy (non-hydrogen) atoms. The molecule has 5 aromatic rings. The fourth-order valence-corrected chi connectivity index (χ4v) is 9.46. The molecule has 0 saturated carbocycles. The Balaban J connectivity index is 1.17. The van der Waals surface area contributed by atoms with Gasteiger partial charge in [0.15, 0.2) is 18.9 Å². The number of aliphatic hydroxyl groups excluding tert-OH is 3. The van der Waals surface area contributed by atoms with E-state index in [9.17, 15) is 20.1 Å². The Labute approximate surface area is 448 Å². The van der Waals surface area contributed by atoms with Gasteiger partial charge < -0.3 is 72.7 Å². The maximum Gasteiger partial charge on any atom is 0.217 e. The zero-order valence-electron chi connectivity index (χ0n) is 43.2. The molecular weight excluding hydrogens is 993 g/mol. The molecule has 3 fully saturated rings. The Hall–Kier alpha value is -5.68. The van der Waals surface area contributed by atoms with E-state index in [-0.39, 0.29) is 59.4 Å². The van der Waals surface area contributed by atoms with E-state index in [1.807, 2.05) is 159 Å². The number of nitrogens with one attached hydrogen (secondary N) is 1. The maximum absolute atomic E-state index is 13.4. The number of benzene rings is 5. The number of amides is 1. The first-order valence-electron chi connectivity index (χ1n) is 26.1. The van der Waals surface area contributed by atoms with E-state index in [1.165, 1.54) is 6.92 Å². The summed E-state index contributed by atoms with van der Waals surface area (Å²) in [5, 5.41) is 41.0. The summed E-state index contributed by atoms with van der Waals surface area (Å²) in [6.07, 6.45) is -17.2. The third kappa shape index (κ3) is 16.7. The molecule has 19 nitrogen and oxygen atoms in total. The van der Waals surface area contributed by atoms with Crippen molar-refractivity contribution in [2.24, 2.45) is 5.11 Å². The molecule has 3 saturated heterocycles. The minimum Gasteiger partial charge on any atom is -0.387 e. The Morgan fingerprint density at radius 2 is 0.987 bits per heavy atom. The predicted molar refractivity (Wildman–Crippen MR) is 279 cm³/mol. The lowest BCUT2D eigenvalue weighted by Crippen LogP contribution is -2.70. The van der Waals surface area contributed by atoms with E-state index < -0.39 is 98.0 Å². The van der Waals surface area contributed by atoms with Gasteiger partial charge in [0.1, 0.15) is 67.1 Å². The third-order valence-corrected chi connectivity index (χ3v) is 13.4. The molecule has 3 aliphatic rings. The zero-order valence-corrected chi connectivity index (χ0v) is 43.2. The van der Waals surface area contributed by atoms with Crippen LogP contribution < -0.4 is 5.32 Å². The van der Waals surface area contributed by atoms with Gasteiger partial charge in [0.2, 0.25) is 5.91 Å². The highest BCUT2D eigenvalue weighted by Crippen LogP contribution is 2.37. The molecule has 3 heterocycles. The van der Waals surface area contributed by atoms with Crippen LogP contribution in [0.2, 0.25) is 0 Å². The van der Waals surface area contributed by atoms with Crippen molar-refractivity contribution in [3.8, 4) is 0 Å². The lowest BCUT2D eigenvalue weighted by molar-refractivity contribution is -0.379. The zero-order chi connectivity index (χ0) is 53.8. The fraction of sp³-hybridized carbons (Fsp3) is 0.466. The molecule has 0 aromatic heterocycles. The third-order valence-electron chi connectivity index (χ3n) is 13.4. The molecule has 0 bridgehead atoms. The minimum atomic E-state index is -1.80. The van der Waals surface area contributed by atoms with Crippen LogP contribution in [0.4, 0.5) is 0 Å². The lowest BCUT2D eigenvalue weighted by atomic mass is 9.94. The Kier molecular flexibility index (Phi) is 22.3. The molecule has 0 aliphatic carbocycles. The highest BCUT2D eigenvalue weighted by atomic mass is 16.8. The first-order valence-corrected chi connectivity index (χ1v) is 26.1. The number of rotatable bonds is 27. The monoisotopic (exact) mass is 1060 g/mol. The van der Waals surface area contributed by atoms with Gasteiger partial charge >= 0.3 is 0 Å². The second-order valence-electron chi connectivity index (χ2n) is 19.2. The van der Waals surface area contributed by atoms with E-state index in [0.29, 0.717) is 6.42 Å². The molecule has 8 rings (SSSR count). The van der Waals surface area contributed by atoms with E-state index in [1.54, 1.807) is 0 Å². The summed E-state index contributed by atoms with van der Waals surface area (Å²) < 4.78 is 73.3. The van der Waals surface area contributed by atoms with Gasteiger partial charge in [-0.1, -0.05) is 157 Å². The van der Waals surface area contributed by atoms with Crippen LogP contribution in [0.5, 0.6) is 0 Å². The fourth-order valence-electron chi connectivity index (χ4n) is 9.46. The van der Waals surface area contributed by atoms with E-state index in [0.717, 1.165) is 27.8 Å². The van der Waals surface area contributed by atoms with Crippen LogP contribution in [0.3, 0.4) is 0 Å². The van der Waals surface area contributed by atoms with Crippen molar-refractivity contribution in [2.45, 2.75) is 145 Å². The first kappa shape index (κ1) is 57.5. The SMILES string of the molecule is CC(=O)NC1[C@H](OCCCN=[N+]=[N-])OC(COCc2ccccc2)[C@@H](O[C@@H]2OC(COCc3ccccc3)[C@H](O)[C@H](O)C2O)[C@@H]1O[C@@H]1OC(C)[C@@H](OCc2ccccc2)[C@H](OCc2ccccc2)C1OCc1ccccc1. The summed E-state index contributed by atoms with van der Waals surface area (Å²) in [5.41, 5.74) is 13.4. The quantitative estimate of drug-likeness (QED) is 0.0191. The molecule has 0 spiro atoms. The number of ether oxygens (including phenoxy) is 11. The number of aliphatic hydroxyl groups is 3. The predicted octanol–water partition coefficient (Wildman–Crippen LogP) is 6.45. The van der Waals surface area contributed by atoms with E-state index in [4.69, 9.17) is 57.6 Å². The van der Waals surface area contributed by atoms with Crippen LogP contribution in [0.1, 0.15) is 48.1 Å². The van der Waals surface area contributed by atoms with Crippen LogP contribution >= 0.6 is 0 Å². The molecule has 6 unspecified atom stereocenters. The number of azide groups is 1. The van der Waals surface area contributed by atoms with Crippen LogP contribution in [-0.2, 0) is 89.9 Å². The largest absolute Gasteiger partial charge is 0.387 e. The summed E-state index contributed by atoms with van der Waals surface area (Å²) in [4.78, 5) is 16.3. The van der Waals surface area contributed by atoms with Crippen LogP contribution in [0.15, 0.2) is 157 Å². The first-order chi connectivity index (χ1) is 37.6. The summed E-state index contributed by atoms with van der Waals surface area (Å²) in [6, 6.07) is 46.8. The number of carbonyl (C=O) groups excluding carboxylic acids is 1. The summed E-state index contributed by atoms with van der Waals surface area (Å²) in [5.74, 6) is -0.483. The smallest absolute Gasteiger partial charge is 0.217 e. The highest BCUT2D eigenvalue weighted by Gasteiger charge is 2.56. The van der Waals surface area contributed by atoms with Gasteiger partial charge in [-0.3, -0.25) is 4.79 Å². The van der Waals surface area contributed by atoms with Gasteiger partial charge in [-0.2, -0.15) is 0 Å². The van der Waals surface area contributed by atoms with Crippen molar-refractivity contribution in [3.05, 3.63) is 190 Å². The molecule has 5 aromatic carbocycles. The molecule has 15 atom stereocenters. The Bertz CT molecular complexity index is 2520. The molecular formula is C58H70N4O15. The average molecular weight is 1060 g/mol. The standard InChI is InChI=1S/C58H70N4O15/c1-38-51(70-33-42-23-12-5-13-24-42)54(71-34-43-25-14-6-15-26-43)55(72-35-44-27-16-7-17-28-44)58(73-38)77-53-47(61-39(2)63)56(69-30-18-29-60-62-59)75-46(37-68-32-41-21-10-4-11-22-41)52(53)76-57-50(66)49(65)48(64)45(74-57)36-67-31-40-19-8-3-9-20-40/h3-17,19-28,38,45-58,64-66H,18,29-37H2,1-2H3,(H,61,63)/t38?,45?,46?,47?,48-,49-,50?,51+,52+,53+,54-,55?,56+,57-,58-/m0/s1. The van der Waals surface area contributed by atoms with Crippen molar-refractivity contribution in [1.29, 1.82) is 0 Å². The lowest BCUT2D eigenvalue weighted by Gasteiger charge is -2.51. The van der Waals surface area contributed by atoms with Gasteiger partial charge in [0, 0.05) is 25.0 Å². The van der Waals surface area contributed by atoms with E-state index >= 15 is 0 Å². The molecule has 19 heteroatoms. The Morgan fingerprint density at radius 1 is 0.532 bits per heavy atom. The minimum absolute atomic E-state index is 0.0322.